The van der Waals surface area contributed by atoms with Gasteiger partial charge in [-0.05, 0) is 34.1 Å². The van der Waals surface area contributed by atoms with Gasteiger partial charge in [0.05, 0.1) is 22.0 Å². The van der Waals surface area contributed by atoms with Crippen molar-refractivity contribution in [3.05, 3.63) is 28.2 Å². The zero-order valence-electron chi connectivity index (χ0n) is 9.68. The maximum Gasteiger partial charge on any atom is 0.416 e. The minimum Gasteiger partial charge on any atom is -0.229 e. The fourth-order valence-corrected chi connectivity index (χ4v) is 5.04. The van der Waals surface area contributed by atoms with Crippen LogP contribution in [0.3, 0.4) is 0 Å². The molecule has 11 heteroatoms. The van der Waals surface area contributed by atoms with Gasteiger partial charge in [0, 0.05) is 4.47 Å². The molecule has 5 nitrogen and oxygen atoms in total. The standard InChI is InChI=1S/C9H9BrF3NO4S2/c10-7-5-6(9(11,12)13)1-2-8(7)19(15,16)3-4-20(14,17)18/h1-2,5H,3-4H2,(H2,14,17,18). The van der Waals surface area contributed by atoms with Crippen molar-refractivity contribution < 1.29 is 30.0 Å². The van der Waals surface area contributed by atoms with Gasteiger partial charge in [-0.2, -0.15) is 13.2 Å². The van der Waals surface area contributed by atoms with Crippen LogP contribution < -0.4 is 5.14 Å². The molecular weight excluding hydrogens is 387 g/mol. The van der Waals surface area contributed by atoms with E-state index in [9.17, 15) is 30.0 Å². The van der Waals surface area contributed by atoms with E-state index in [1.165, 1.54) is 0 Å². The van der Waals surface area contributed by atoms with Crippen LogP contribution in [0.5, 0.6) is 0 Å². The number of benzene rings is 1. The average molecular weight is 396 g/mol. The monoisotopic (exact) mass is 395 g/mol. The molecule has 0 atom stereocenters. The second kappa shape index (κ2) is 5.62. The van der Waals surface area contributed by atoms with Crippen LogP contribution in [0.1, 0.15) is 5.56 Å². The van der Waals surface area contributed by atoms with Gasteiger partial charge in [0.1, 0.15) is 0 Å². The van der Waals surface area contributed by atoms with Crippen LogP contribution in [0, 0.1) is 0 Å². The van der Waals surface area contributed by atoms with Crippen LogP contribution in [0.25, 0.3) is 0 Å². The highest BCUT2D eigenvalue weighted by Gasteiger charge is 2.32. The fraction of sp³-hybridized carbons (Fsp3) is 0.333. The van der Waals surface area contributed by atoms with Crippen LogP contribution >= 0.6 is 15.9 Å². The van der Waals surface area contributed by atoms with Crippen LogP contribution in [-0.4, -0.2) is 28.3 Å². The van der Waals surface area contributed by atoms with Crippen LogP contribution in [0.4, 0.5) is 13.2 Å². The zero-order chi connectivity index (χ0) is 15.8. The molecule has 0 aliphatic heterocycles. The van der Waals surface area contributed by atoms with Crippen molar-refractivity contribution in [2.75, 3.05) is 11.5 Å². The van der Waals surface area contributed by atoms with E-state index in [2.05, 4.69) is 21.1 Å². The molecule has 0 unspecified atom stereocenters. The molecule has 1 aromatic rings. The Hall–Kier alpha value is -0.650. The van der Waals surface area contributed by atoms with Crippen molar-refractivity contribution in [3.63, 3.8) is 0 Å². The number of halogens is 4. The van der Waals surface area contributed by atoms with Gasteiger partial charge < -0.3 is 0 Å². The van der Waals surface area contributed by atoms with E-state index in [-0.39, 0.29) is 4.47 Å². The maximum absolute atomic E-state index is 12.4. The Bertz CT molecular complexity index is 713. The van der Waals surface area contributed by atoms with Gasteiger partial charge in [0.15, 0.2) is 9.84 Å². The topological polar surface area (TPSA) is 94.3 Å². The molecule has 0 aliphatic carbocycles. The maximum atomic E-state index is 12.4. The molecule has 0 saturated carbocycles. The molecule has 1 aromatic carbocycles. The molecular formula is C9H9BrF3NO4S2. The Morgan fingerprint density at radius 2 is 1.65 bits per heavy atom. The SMILES string of the molecule is NS(=O)(=O)CCS(=O)(=O)c1ccc(C(F)(F)F)cc1Br. The summed E-state index contributed by atoms with van der Waals surface area (Å²) < 4.78 is 82.1. The summed E-state index contributed by atoms with van der Waals surface area (Å²) in [6.45, 7) is 0. The summed E-state index contributed by atoms with van der Waals surface area (Å²) in [6.07, 6.45) is -4.61. The van der Waals surface area contributed by atoms with Crippen molar-refractivity contribution in [1.29, 1.82) is 0 Å². The third-order valence-electron chi connectivity index (χ3n) is 2.23. The van der Waals surface area contributed by atoms with Crippen molar-refractivity contribution in [3.8, 4) is 0 Å². The lowest BCUT2D eigenvalue weighted by molar-refractivity contribution is -0.137. The van der Waals surface area contributed by atoms with Crippen molar-refractivity contribution in [1.82, 2.24) is 0 Å². The summed E-state index contributed by atoms with van der Waals surface area (Å²) in [5.41, 5.74) is -1.02. The summed E-state index contributed by atoms with van der Waals surface area (Å²) in [5, 5.41) is 4.69. The minimum atomic E-state index is -4.61. The lowest BCUT2D eigenvalue weighted by Crippen LogP contribution is -2.23. The van der Waals surface area contributed by atoms with E-state index in [0.29, 0.717) is 12.1 Å². The van der Waals surface area contributed by atoms with Crippen LogP contribution in [0.15, 0.2) is 27.6 Å². The lowest BCUT2D eigenvalue weighted by atomic mass is 10.2. The van der Waals surface area contributed by atoms with Crippen LogP contribution in [0.2, 0.25) is 0 Å². The number of alkyl halides is 3. The van der Waals surface area contributed by atoms with Crippen molar-refractivity contribution in [2.24, 2.45) is 5.14 Å². The first-order chi connectivity index (χ1) is 8.83. The first-order valence-corrected chi connectivity index (χ1v) is 9.09. The first kappa shape index (κ1) is 17.4. The summed E-state index contributed by atoms with van der Waals surface area (Å²) in [7, 11) is -8.04. The molecule has 0 amide bonds. The van der Waals surface area contributed by atoms with E-state index in [1.54, 1.807) is 0 Å². The van der Waals surface area contributed by atoms with Gasteiger partial charge in [0.2, 0.25) is 10.0 Å². The highest BCUT2D eigenvalue weighted by Crippen LogP contribution is 2.33. The molecule has 0 aromatic heterocycles. The molecule has 0 radical (unpaired) electrons. The Labute approximate surface area is 122 Å². The van der Waals surface area contributed by atoms with Gasteiger partial charge in [-0.3, -0.25) is 0 Å². The number of sulfonamides is 1. The smallest absolute Gasteiger partial charge is 0.229 e. The predicted molar refractivity (Wildman–Crippen MR) is 69.2 cm³/mol. The highest BCUT2D eigenvalue weighted by molar-refractivity contribution is 9.10. The number of hydrogen-bond acceptors (Lipinski definition) is 4. The molecule has 2 N–H and O–H groups in total. The van der Waals surface area contributed by atoms with Gasteiger partial charge >= 0.3 is 6.18 Å². The fourth-order valence-electron chi connectivity index (χ4n) is 1.27. The second-order valence-electron chi connectivity index (χ2n) is 3.83. The summed E-state index contributed by atoms with van der Waals surface area (Å²) in [4.78, 5) is -0.422. The lowest BCUT2D eigenvalue weighted by Gasteiger charge is -2.10. The number of nitrogens with two attached hydrogens (primary N) is 1. The summed E-state index contributed by atoms with van der Waals surface area (Å²) in [6, 6.07) is 1.99. The Kier molecular flexibility index (Phi) is 4.89. The molecule has 0 fully saturated rings. The van der Waals surface area contributed by atoms with Gasteiger partial charge in [-0.1, -0.05) is 0 Å². The molecule has 0 saturated heterocycles. The zero-order valence-corrected chi connectivity index (χ0v) is 12.9. The molecule has 0 heterocycles. The number of hydrogen-bond donors (Lipinski definition) is 1. The molecule has 20 heavy (non-hydrogen) atoms. The van der Waals surface area contributed by atoms with Gasteiger partial charge in [0.25, 0.3) is 0 Å². The predicted octanol–water partition coefficient (Wildman–Crippen LogP) is 1.53. The molecule has 1 rings (SSSR count). The third-order valence-corrected chi connectivity index (χ3v) is 5.95. The Morgan fingerprint density at radius 3 is 2.05 bits per heavy atom. The third kappa shape index (κ3) is 4.72. The summed E-state index contributed by atoms with van der Waals surface area (Å²) in [5.74, 6) is -1.63. The van der Waals surface area contributed by atoms with Crippen molar-refractivity contribution in [2.45, 2.75) is 11.1 Å². The Balaban J connectivity index is 3.15. The quantitative estimate of drug-likeness (QED) is 0.835. The molecule has 0 spiro atoms. The van der Waals surface area contributed by atoms with E-state index < -0.39 is 48.0 Å². The van der Waals surface area contributed by atoms with Gasteiger partial charge in [-0.25, -0.2) is 22.0 Å². The van der Waals surface area contributed by atoms with Crippen LogP contribution in [-0.2, 0) is 26.0 Å². The van der Waals surface area contributed by atoms with E-state index in [0.717, 1.165) is 6.07 Å². The normalized spacial score (nSPS) is 13.4. The largest absolute Gasteiger partial charge is 0.416 e. The first-order valence-electron chi connectivity index (χ1n) is 4.93. The average Bonchev–Trinajstić information content (AvgIpc) is 2.24. The molecule has 0 aliphatic rings. The highest BCUT2D eigenvalue weighted by atomic mass is 79.9. The van der Waals surface area contributed by atoms with Gasteiger partial charge in [-0.15, -0.1) is 0 Å². The number of primary sulfonamides is 1. The summed E-state index contributed by atoms with van der Waals surface area (Å²) >= 11 is 2.74. The second-order valence-corrected chi connectivity index (χ2v) is 8.49. The molecule has 0 bridgehead atoms. The van der Waals surface area contributed by atoms with Crippen molar-refractivity contribution >= 4 is 35.8 Å². The van der Waals surface area contributed by atoms with E-state index in [1.807, 2.05) is 0 Å². The minimum absolute atomic E-state index is 0.290. The van der Waals surface area contributed by atoms with E-state index >= 15 is 0 Å². The number of rotatable bonds is 4. The number of sulfone groups is 1. The Morgan fingerprint density at radius 1 is 1.10 bits per heavy atom. The van der Waals surface area contributed by atoms with E-state index in [4.69, 9.17) is 0 Å². The molecule has 114 valence electrons.